The molecule has 6 nitrogen and oxygen atoms in total. The van der Waals surface area contributed by atoms with Gasteiger partial charge in [-0.3, -0.25) is 4.99 Å². The van der Waals surface area contributed by atoms with E-state index in [1.54, 1.807) is 7.05 Å². The molecule has 0 saturated heterocycles. The average Bonchev–Trinajstić information content (AvgIpc) is 3.08. The Morgan fingerprint density at radius 2 is 2.00 bits per heavy atom. The molecule has 25 heavy (non-hydrogen) atoms. The van der Waals surface area contributed by atoms with Crippen molar-refractivity contribution in [1.29, 1.82) is 0 Å². The van der Waals surface area contributed by atoms with Crippen molar-refractivity contribution in [2.45, 2.75) is 39.7 Å². The van der Waals surface area contributed by atoms with Crippen LogP contribution >= 0.6 is 0 Å². The smallest absolute Gasteiger partial charge is 0.191 e. The largest absolute Gasteiger partial charge is 0.494 e. The number of rotatable bonds is 8. The minimum atomic E-state index is 0.364. The lowest BCUT2D eigenvalue weighted by Crippen LogP contribution is -2.37. The molecule has 2 rings (SSSR count). The summed E-state index contributed by atoms with van der Waals surface area (Å²) in [6, 6.07) is 10.1. The second-order valence-electron chi connectivity index (χ2n) is 6.24. The first-order valence-electron chi connectivity index (χ1n) is 8.68. The molecule has 1 heterocycles. The molecular weight excluding hydrogens is 316 g/mol. The molecule has 136 valence electrons. The Balaban J connectivity index is 1.63. The predicted octanol–water partition coefficient (Wildman–Crippen LogP) is 3.24. The monoisotopic (exact) mass is 344 g/mol. The Labute approximate surface area is 149 Å². The highest BCUT2D eigenvalue weighted by Gasteiger charge is 2.08. The summed E-state index contributed by atoms with van der Waals surface area (Å²) >= 11 is 0. The second kappa shape index (κ2) is 9.71. The van der Waals surface area contributed by atoms with Crippen LogP contribution in [0.2, 0.25) is 0 Å². The van der Waals surface area contributed by atoms with Gasteiger partial charge in [0.15, 0.2) is 11.7 Å². The van der Waals surface area contributed by atoms with E-state index in [0.29, 0.717) is 19.1 Å². The molecule has 2 aromatic rings. The highest BCUT2D eigenvalue weighted by Crippen LogP contribution is 2.13. The van der Waals surface area contributed by atoms with Crippen LogP contribution in [0.3, 0.4) is 0 Å². The van der Waals surface area contributed by atoms with E-state index in [1.165, 1.54) is 5.56 Å². The van der Waals surface area contributed by atoms with Gasteiger partial charge in [-0.25, -0.2) is 0 Å². The van der Waals surface area contributed by atoms with Crippen LogP contribution in [0.4, 0.5) is 0 Å². The third kappa shape index (κ3) is 6.49. The van der Waals surface area contributed by atoms with Gasteiger partial charge < -0.3 is 19.9 Å². The maximum atomic E-state index is 5.71. The highest BCUT2D eigenvalue weighted by atomic mass is 16.5. The van der Waals surface area contributed by atoms with Crippen LogP contribution in [0.1, 0.15) is 43.2 Å². The summed E-state index contributed by atoms with van der Waals surface area (Å²) in [5, 5.41) is 10.5. The normalized spacial score (nSPS) is 11.6. The molecule has 0 radical (unpaired) electrons. The highest BCUT2D eigenvalue weighted by molar-refractivity contribution is 5.79. The minimum absolute atomic E-state index is 0.364. The molecule has 0 unspecified atom stereocenters. The molecule has 0 aliphatic heterocycles. The topological polar surface area (TPSA) is 71.7 Å². The molecule has 1 aromatic carbocycles. The maximum absolute atomic E-state index is 5.71. The van der Waals surface area contributed by atoms with E-state index in [9.17, 15) is 0 Å². The van der Waals surface area contributed by atoms with E-state index in [4.69, 9.17) is 9.26 Å². The zero-order valence-corrected chi connectivity index (χ0v) is 15.5. The molecule has 0 aliphatic rings. The number of aryl methyl sites for hydroxylation is 1. The van der Waals surface area contributed by atoms with Crippen LogP contribution in [0.15, 0.2) is 39.8 Å². The van der Waals surface area contributed by atoms with Gasteiger partial charge in [-0.1, -0.05) is 36.7 Å². The Morgan fingerprint density at radius 3 is 2.64 bits per heavy atom. The number of nitrogens with one attached hydrogen (secondary N) is 2. The van der Waals surface area contributed by atoms with Gasteiger partial charge >= 0.3 is 0 Å². The number of aromatic nitrogens is 1. The van der Waals surface area contributed by atoms with Gasteiger partial charge in [0.1, 0.15) is 5.75 Å². The number of aliphatic imine (C=N–C) groups is 1. The fourth-order valence-corrected chi connectivity index (χ4v) is 2.18. The van der Waals surface area contributed by atoms with Gasteiger partial charge in [0.25, 0.3) is 0 Å². The molecule has 0 aliphatic carbocycles. The summed E-state index contributed by atoms with van der Waals surface area (Å²) < 4.78 is 11.0. The van der Waals surface area contributed by atoms with Crippen molar-refractivity contribution >= 4 is 5.96 Å². The average molecular weight is 344 g/mol. The number of benzene rings is 1. The zero-order valence-electron chi connectivity index (χ0n) is 15.5. The van der Waals surface area contributed by atoms with E-state index >= 15 is 0 Å². The number of guanidine groups is 1. The van der Waals surface area contributed by atoms with Crippen molar-refractivity contribution < 1.29 is 9.26 Å². The standard InChI is InChI=1S/C19H28N4O2/c1-14(2)18-12-17(25-23-18)13-22-19(20-4)21-10-5-11-24-16-8-6-15(3)7-9-16/h6-9,12,14H,5,10-11,13H2,1-4H3,(H2,20,21,22). The number of hydrogen-bond acceptors (Lipinski definition) is 4. The van der Waals surface area contributed by atoms with Gasteiger partial charge in [-0.2, -0.15) is 0 Å². The van der Waals surface area contributed by atoms with Crippen molar-refractivity contribution in [1.82, 2.24) is 15.8 Å². The molecule has 0 bridgehead atoms. The molecule has 0 amide bonds. The van der Waals surface area contributed by atoms with Crippen molar-refractivity contribution in [3.05, 3.63) is 47.3 Å². The second-order valence-corrected chi connectivity index (χ2v) is 6.24. The van der Waals surface area contributed by atoms with Crippen molar-refractivity contribution in [3.8, 4) is 5.75 Å². The summed E-state index contributed by atoms with van der Waals surface area (Å²) in [5.74, 6) is 2.80. The zero-order chi connectivity index (χ0) is 18.1. The van der Waals surface area contributed by atoms with Crippen LogP contribution in [-0.4, -0.2) is 31.3 Å². The summed E-state index contributed by atoms with van der Waals surface area (Å²) in [6.07, 6.45) is 0.883. The third-order valence-corrected chi connectivity index (χ3v) is 3.73. The van der Waals surface area contributed by atoms with Gasteiger partial charge in [-0.15, -0.1) is 0 Å². The third-order valence-electron chi connectivity index (χ3n) is 3.73. The first-order valence-corrected chi connectivity index (χ1v) is 8.68. The fraction of sp³-hybridized carbons (Fsp3) is 0.474. The predicted molar refractivity (Wildman–Crippen MR) is 100 cm³/mol. The molecule has 0 spiro atoms. The van der Waals surface area contributed by atoms with Crippen molar-refractivity contribution in [3.63, 3.8) is 0 Å². The molecule has 6 heteroatoms. The maximum Gasteiger partial charge on any atom is 0.191 e. The Kier molecular flexibility index (Phi) is 7.32. The lowest BCUT2D eigenvalue weighted by Gasteiger charge is -2.11. The van der Waals surface area contributed by atoms with Crippen LogP contribution in [0, 0.1) is 6.92 Å². The Hall–Kier alpha value is -2.50. The first kappa shape index (κ1) is 18.8. The molecule has 1 aromatic heterocycles. The van der Waals surface area contributed by atoms with E-state index < -0.39 is 0 Å². The number of ether oxygens (including phenoxy) is 1. The molecule has 0 atom stereocenters. The summed E-state index contributed by atoms with van der Waals surface area (Å²) in [6.45, 7) is 8.24. The first-order chi connectivity index (χ1) is 12.1. The van der Waals surface area contributed by atoms with Crippen LogP contribution < -0.4 is 15.4 Å². The van der Waals surface area contributed by atoms with Crippen molar-refractivity contribution in [2.24, 2.45) is 4.99 Å². The molecular formula is C19H28N4O2. The van der Waals surface area contributed by atoms with Gasteiger partial charge in [0.2, 0.25) is 0 Å². The summed E-state index contributed by atoms with van der Waals surface area (Å²) in [5.41, 5.74) is 2.20. The number of nitrogens with zero attached hydrogens (tertiary/aromatic N) is 2. The van der Waals surface area contributed by atoms with Gasteiger partial charge in [-0.05, 0) is 31.4 Å². The van der Waals surface area contributed by atoms with E-state index in [1.807, 2.05) is 30.3 Å². The van der Waals surface area contributed by atoms with E-state index in [-0.39, 0.29) is 0 Å². The Bertz CT molecular complexity index is 662. The Morgan fingerprint density at radius 1 is 1.24 bits per heavy atom. The molecule has 2 N–H and O–H groups in total. The summed E-state index contributed by atoms with van der Waals surface area (Å²) in [7, 11) is 1.75. The van der Waals surface area contributed by atoms with Crippen LogP contribution in [0.25, 0.3) is 0 Å². The number of hydrogen-bond donors (Lipinski definition) is 2. The molecule has 0 saturated carbocycles. The van der Waals surface area contributed by atoms with E-state index in [2.05, 4.69) is 41.6 Å². The minimum Gasteiger partial charge on any atom is -0.494 e. The quantitative estimate of drug-likeness (QED) is 0.437. The van der Waals surface area contributed by atoms with Crippen LogP contribution in [-0.2, 0) is 6.54 Å². The van der Waals surface area contributed by atoms with E-state index in [0.717, 1.165) is 36.1 Å². The van der Waals surface area contributed by atoms with Gasteiger partial charge in [0, 0.05) is 19.7 Å². The van der Waals surface area contributed by atoms with Crippen molar-refractivity contribution in [2.75, 3.05) is 20.2 Å². The SMILES string of the molecule is CN=C(NCCCOc1ccc(C)cc1)NCc1cc(C(C)C)no1. The lowest BCUT2D eigenvalue weighted by molar-refractivity contribution is 0.311. The molecule has 0 fully saturated rings. The van der Waals surface area contributed by atoms with Crippen LogP contribution in [0.5, 0.6) is 5.75 Å². The fourth-order valence-electron chi connectivity index (χ4n) is 2.18. The summed E-state index contributed by atoms with van der Waals surface area (Å²) in [4.78, 5) is 4.20. The lowest BCUT2D eigenvalue weighted by atomic mass is 10.1. The van der Waals surface area contributed by atoms with Gasteiger partial charge in [0.05, 0.1) is 18.8 Å².